The van der Waals surface area contributed by atoms with Crippen molar-refractivity contribution in [3.63, 3.8) is 0 Å². The van der Waals surface area contributed by atoms with Gasteiger partial charge in [-0.15, -0.1) is 11.3 Å². The summed E-state index contributed by atoms with van der Waals surface area (Å²) in [5.74, 6) is 0.0998. The second-order valence-corrected chi connectivity index (χ2v) is 10.1. The number of hydrogen-bond donors (Lipinski definition) is 0. The summed E-state index contributed by atoms with van der Waals surface area (Å²) in [5.41, 5.74) is 4.27. The van der Waals surface area contributed by atoms with Crippen molar-refractivity contribution in [2.24, 2.45) is 0 Å². The van der Waals surface area contributed by atoms with Gasteiger partial charge in [0.2, 0.25) is 5.91 Å². The molecule has 35 heavy (non-hydrogen) atoms. The Morgan fingerprint density at radius 3 is 2.26 bits per heavy atom. The fourth-order valence-electron chi connectivity index (χ4n) is 4.59. The highest BCUT2D eigenvalue weighted by Gasteiger charge is 2.28. The van der Waals surface area contributed by atoms with Crippen LogP contribution in [0.1, 0.15) is 20.9 Å². The van der Waals surface area contributed by atoms with Crippen LogP contribution in [0.4, 0.5) is 0 Å². The molecule has 0 unspecified atom stereocenters. The predicted molar refractivity (Wildman–Crippen MR) is 141 cm³/mol. The van der Waals surface area contributed by atoms with Gasteiger partial charge in [-0.1, -0.05) is 60.1 Å². The van der Waals surface area contributed by atoms with E-state index in [2.05, 4.69) is 4.57 Å². The lowest BCUT2D eigenvalue weighted by molar-refractivity contribution is -0.131. The van der Waals surface area contributed by atoms with Crippen molar-refractivity contribution < 1.29 is 9.59 Å². The summed E-state index contributed by atoms with van der Waals surface area (Å²) in [7, 11) is 0. The van der Waals surface area contributed by atoms with Gasteiger partial charge in [0.25, 0.3) is 5.91 Å². The molecule has 0 aliphatic carbocycles. The van der Waals surface area contributed by atoms with E-state index in [0.29, 0.717) is 43.2 Å². The summed E-state index contributed by atoms with van der Waals surface area (Å²) >= 11 is 8.17. The van der Waals surface area contributed by atoms with Crippen LogP contribution in [0.15, 0.2) is 78.2 Å². The number of aromatic nitrogens is 1. The molecule has 0 bridgehead atoms. The highest BCUT2D eigenvalue weighted by Crippen LogP contribution is 2.33. The molecule has 0 saturated carbocycles. The van der Waals surface area contributed by atoms with Crippen molar-refractivity contribution in [3.05, 3.63) is 99.3 Å². The molecule has 2 aromatic carbocycles. The quantitative estimate of drug-likeness (QED) is 0.351. The van der Waals surface area contributed by atoms with Gasteiger partial charge in [0.05, 0.1) is 28.4 Å². The van der Waals surface area contributed by atoms with E-state index in [1.807, 2.05) is 94.9 Å². The molecule has 1 aliphatic heterocycles. The maximum Gasteiger partial charge on any atom is 0.255 e. The Bertz CT molecular complexity index is 1340. The zero-order valence-electron chi connectivity index (χ0n) is 19.5. The minimum Gasteiger partial charge on any atom is -0.339 e. The van der Waals surface area contributed by atoms with Crippen LogP contribution in [-0.4, -0.2) is 52.4 Å². The second-order valence-electron chi connectivity index (χ2n) is 8.61. The lowest BCUT2D eigenvalue weighted by Crippen LogP contribution is -2.51. The standard InChI is InChI=1S/C28H26ClN3O2S/c1-20-23(28(34)31-15-13-30(14-16-31)27(33)18-22-10-7-17-35-22)19-26(21-8-3-2-4-9-21)32(20)25-12-6-5-11-24(25)29/h2-12,17,19H,13-16,18H2,1H3. The molecule has 3 heterocycles. The molecule has 2 amide bonds. The van der Waals surface area contributed by atoms with Crippen molar-refractivity contribution in [1.29, 1.82) is 0 Å². The van der Waals surface area contributed by atoms with Crippen LogP contribution in [0.2, 0.25) is 5.02 Å². The highest BCUT2D eigenvalue weighted by atomic mass is 35.5. The van der Waals surface area contributed by atoms with Crippen molar-refractivity contribution >= 4 is 34.8 Å². The van der Waals surface area contributed by atoms with Crippen molar-refractivity contribution in [2.75, 3.05) is 26.2 Å². The molecule has 7 heteroatoms. The smallest absolute Gasteiger partial charge is 0.255 e. The molecule has 4 aromatic rings. The van der Waals surface area contributed by atoms with Crippen LogP contribution < -0.4 is 0 Å². The summed E-state index contributed by atoms with van der Waals surface area (Å²) in [6.45, 7) is 4.10. The maximum absolute atomic E-state index is 13.6. The lowest BCUT2D eigenvalue weighted by Gasteiger charge is -2.34. The van der Waals surface area contributed by atoms with E-state index in [9.17, 15) is 9.59 Å². The molecule has 1 saturated heterocycles. The third-order valence-corrected chi connectivity index (χ3v) is 7.66. The summed E-state index contributed by atoms with van der Waals surface area (Å²) in [5, 5.41) is 2.61. The predicted octanol–water partition coefficient (Wildman–Crippen LogP) is 5.69. The maximum atomic E-state index is 13.6. The number of halogens is 1. The van der Waals surface area contributed by atoms with Gasteiger partial charge in [0.1, 0.15) is 0 Å². The van der Waals surface area contributed by atoms with Crippen molar-refractivity contribution in [2.45, 2.75) is 13.3 Å². The monoisotopic (exact) mass is 503 g/mol. The first kappa shape index (κ1) is 23.4. The number of thiophene rings is 1. The Kier molecular flexibility index (Phi) is 6.75. The Morgan fingerprint density at radius 2 is 1.57 bits per heavy atom. The Balaban J connectivity index is 1.40. The van der Waals surface area contributed by atoms with E-state index in [0.717, 1.165) is 27.5 Å². The van der Waals surface area contributed by atoms with E-state index < -0.39 is 0 Å². The van der Waals surface area contributed by atoms with Gasteiger partial charge in [0.15, 0.2) is 0 Å². The molecule has 0 N–H and O–H groups in total. The van der Waals surface area contributed by atoms with Gasteiger partial charge in [-0.25, -0.2) is 0 Å². The normalized spacial score (nSPS) is 13.8. The van der Waals surface area contributed by atoms with Gasteiger partial charge in [-0.05, 0) is 42.1 Å². The molecule has 2 aromatic heterocycles. The number of nitrogens with zero attached hydrogens (tertiary/aromatic N) is 3. The van der Waals surface area contributed by atoms with Crippen LogP contribution >= 0.6 is 22.9 Å². The van der Waals surface area contributed by atoms with E-state index >= 15 is 0 Å². The van der Waals surface area contributed by atoms with E-state index in [4.69, 9.17) is 11.6 Å². The summed E-state index contributed by atoms with van der Waals surface area (Å²) < 4.78 is 2.06. The Hall–Kier alpha value is -3.35. The van der Waals surface area contributed by atoms with Crippen molar-refractivity contribution in [3.8, 4) is 16.9 Å². The minimum absolute atomic E-state index is 0.0177. The fourth-order valence-corrected chi connectivity index (χ4v) is 5.51. The van der Waals surface area contributed by atoms with Gasteiger partial charge < -0.3 is 14.4 Å². The topological polar surface area (TPSA) is 45.6 Å². The average molecular weight is 504 g/mol. The van der Waals surface area contributed by atoms with Gasteiger partial charge >= 0.3 is 0 Å². The molecular formula is C28H26ClN3O2S. The number of carbonyl (C=O) groups excluding carboxylic acids is 2. The number of amides is 2. The Morgan fingerprint density at radius 1 is 0.886 bits per heavy atom. The molecule has 0 spiro atoms. The number of piperazine rings is 1. The molecule has 0 atom stereocenters. The number of para-hydroxylation sites is 1. The first-order valence-electron chi connectivity index (χ1n) is 11.6. The summed E-state index contributed by atoms with van der Waals surface area (Å²) in [4.78, 5) is 31.1. The lowest BCUT2D eigenvalue weighted by atomic mass is 10.1. The zero-order valence-corrected chi connectivity index (χ0v) is 21.1. The van der Waals surface area contributed by atoms with Gasteiger partial charge in [-0.2, -0.15) is 0 Å². The molecule has 0 radical (unpaired) electrons. The first-order chi connectivity index (χ1) is 17.0. The number of benzene rings is 2. The fraction of sp³-hybridized carbons (Fsp3) is 0.214. The summed E-state index contributed by atoms with van der Waals surface area (Å²) in [6.07, 6.45) is 0.422. The number of carbonyl (C=O) groups is 2. The van der Waals surface area contributed by atoms with E-state index in [-0.39, 0.29) is 11.8 Å². The van der Waals surface area contributed by atoms with Gasteiger partial charge in [0, 0.05) is 36.8 Å². The van der Waals surface area contributed by atoms with Crippen molar-refractivity contribution in [1.82, 2.24) is 14.4 Å². The molecule has 5 rings (SSSR count). The minimum atomic E-state index is -0.0177. The molecular weight excluding hydrogens is 478 g/mol. The summed E-state index contributed by atoms with van der Waals surface area (Å²) in [6, 6.07) is 23.6. The molecule has 178 valence electrons. The van der Waals surface area contributed by atoms with Crippen LogP contribution in [0, 0.1) is 6.92 Å². The van der Waals surface area contributed by atoms with Gasteiger partial charge in [-0.3, -0.25) is 9.59 Å². The van der Waals surface area contributed by atoms with Crippen LogP contribution in [0.3, 0.4) is 0 Å². The molecule has 1 aliphatic rings. The van der Waals surface area contributed by atoms with E-state index in [1.54, 1.807) is 11.3 Å². The SMILES string of the molecule is Cc1c(C(=O)N2CCN(C(=O)Cc3cccs3)CC2)cc(-c2ccccc2)n1-c1ccccc1Cl. The number of rotatable bonds is 5. The van der Waals surface area contributed by atoms with Crippen LogP contribution in [0.5, 0.6) is 0 Å². The number of hydrogen-bond acceptors (Lipinski definition) is 3. The van der Waals surface area contributed by atoms with Crippen LogP contribution in [0.25, 0.3) is 16.9 Å². The third kappa shape index (κ3) is 4.77. The average Bonchev–Trinajstić information content (AvgIpc) is 3.52. The van der Waals surface area contributed by atoms with E-state index in [1.165, 1.54) is 0 Å². The largest absolute Gasteiger partial charge is 0.339 e. The molecule has 5 nitrogen and oxygen atoms in total. The first-order valence-corrected chi connectivity index (χ1v) is 12.9. The molecule has 1 fully saturated rings. The zero-order chi connectivity index (χ0) is 24.4. The highest BCUT2D eigenvalue weighted by molar-refractivity contribution is 7.10. The van der Waals surface area contributed by atoms with Crippen LogP contribution in [-0.2, 0) is 11.2 Å². The third-order valence-electron chi connectivity index (χ3n) is 6.47. The second kappa shape index (κ2) is 10.1. The Labute approximate surface area is 214 Å².